The van der Waals surface area contributed by atoms with Crippen LogP contribution in [0.15, 0.2) is 18.2 Å². The normalized spacial score (nSPS) is 15.6. The molecule has 1 aromatic rings. The van der Waals surface area contributed by atoms with Gasteiger partial charge in [-0.25, -0.2) is 4.79 Å². The van der Waals surface area contributed by atoms with Crippen LogP contribution >= 0.6 is 0 Å². The molecule has 0 heterocycles. The van der Waals surface area contributed by atoms with Crippen molar-refractivity contribution in [1.29, 1.82) is 0 Å². The van der Waals surface area contributed by atoms with Crippen LogP contribution in [-0.4, -0.2) is 17.2 Å². The van der Waals surface area contributed by atoms with Crippen LogP contribution in [0.4, 0.5) is 0 Å². The number of rotatable bonds is 4. The number of fused-ring (bicyclic) bond motifs is 1. The summed E-state index contributed by atoms with van der Waals surface area (Å²) in [6, 6.07) is 5.90. The SMILES string of the molecule is CCC(Oc1ccc2c(c1)CCC2)C(=O)O. The van der Waals surface area contributed by atoms with Gasteiger partial charge < -0.3 is 9.84 Å². The van der Waals surface area contributed by atoms with E-state index in [0.29, 0.717) is 12.2 Å². The largest absolute Gasteiger partial charge is 0.479 e. The van der Waals surface area contributed by atoms with Crippen LogP contribution in [0.2, 0.25) is 0 Å². The summed E-state index contributed by atoms with van der Waals surface area (Å²) in [7, 11) is 0. The molecule has 1 N–H and O–H groups in total. The van der Waals surface area contributed by atoms with Crippen molar-refractivity contribution in [3.63, 3.8) is 0 Å². The van der Waals surface area contributed by atoms with Crippen molar-refractivity contribution in [2.75, 3.05) is 0 Å². The smallest absolute Gasteiger partial charge is 0.344 e. The molecule has 16 heavy (non-hydrogen) atoms. The van der Waals surface area contributed by atoms with Gasteiger partial charge in [-0.2, -0.15) is 0 Å². The minimum atomic E-state index is -0.900. The Kier molecular flexibility index (Phi) is 3.13. The number of aryl methyl sites for hydroxylation is 2. The van der Waals surface area contributed by atoms with Crippen molar-refractivity contribution in [2.24, 2.45) is 0 Å². The van der Waals surface area contributed by atoms with Crippen LogP contribution in [-0.2, 0) is 17.6 Å². The lowest BCUT2D eigenvalue weighted by Crippen LogP contribution is -2.25. The second-order valence-corrected chi connectivity index (χ2v) is 4.14. The first-order valence-corrected chi connectivity index (χ1v) is 5.72. The Morgan fingerprint density at radius 1 is 1.44 bits per heavy atom. The van der Waals surface area contributed by atoms with Gasteiger partial charge in [0.2, 0.25) is 0 Å². The number of hydrogen-bond acceptors (Lipinski definition) is 2. The lowest BCUT2D eigenvalue weighted by molar-refractivity contribution is -0.145. The van der Waals surface area contributed by atoms with E-state index < -0.39 is 12.1 Å². The number of hydrogen-bond donors (Lipinski definition) is 1. The number of carbonyl (C=O) groups is 1. The van der Waals surface area contributed by atoms with Gasteiger partial charge in [0, 0.05) is 0 Å². The molecule has 1 aliphatic carbocycles. The summed E-state index contributed by atoms with van der Waals surface area (Å²) < 4.78 is 5.45. The van der Waals surface area contributed by atoms with Crippen LogP contribution in [0.5, 0.6) is 5.75 Å². The van der Waals surface area contributed by atoms with Gasteiger partial charge in [-0.05, 0) is 48.9 Å². The fourth-order valence-electron chi connectivity index (χ4n) is 2.09. The summed E-state index contributed by atoms with van der Waals surface area (Å²) in [5, 5.41) is 8.90. The maximum Gasteiger partial charge on any atom is 0.344 e. The third-order valence-electron chi connectivity index (χ3n) is 2.99. The molecule has 0 spiro atoms. The minimum Gasteiger partial charge on any atom is -0.479 e. The molecule has 1 atom stereocenters. The fourth-order valence-corrected chi connectivity index (χ4v) is 2.09. The molecule has 1 aliphatic rings. The van der Waals surface area contributed by atoms with Gasteiger partial charge in [-0.15, -0.1) is 0 Å². The predicted octanol–water partition coefficient (Wildman–Crippen LogP) is 2.42. The Bertz CT molecular complexity index is 398. The molecule has 0 amide bonds. The van der Waals surface area contributed by atoms with Gasteiger partial charge >= 0.3 is 5.97 Å². The molecule has 0 saturated heterocycles. The maximum atomic E-state index is 10.8. The average molecular weight is 220 g/mol. The van der Waals surface area contributed by atoms with Gasteiger partial charge in [0.25, 0.3) is 0 Å². The van der Waals surface area contributed by atoms with E-state index in [4.69, 9.17) is 9.84 Å². The van der Waals surface area contributed by atoms with Gasteiger partial charge in [0.15, 0.2) is 6.10 Å². The Morgan fingerprint density at radius 3 is 2.88 bits per heavy atom. The Morgan fingerprint density at radius 2 is 2.19 bits per heavy atom. The first-order valence-electron chi connectivity index (χ1n) is 5.72. The van der Waals surface area contributed by atoms with Crippen molar-refractivity contribution in [2.45, 2.75) is 38.7 Å². The first kappa shape index (κ1) is 11.0. The fraction of sp³-hybridized carbons (Fsp3) is 0.462. The molecule has 86 valence electrons. The second-order valence-electron chi connectivity index (χ2n) is 4.14. The zero-order chi connectivity index (χ0) is 11.5. The third-order valence-corrected chi connectivity index (χ3v) is 2.99. The van der Waals surface area contributed by atoms with Crippen LogP contribution in [0.1, 0.15) is 30.9 Å². The standard InChI is InChI=1S/C13H16O3/c1-2-12(13(14)15)16-11-7-6-9-4-3-5-10(9)8-11/h6-8,12H,2-5H2,1H3,(H,14,15). The Labute approximate surface area is 95.0 Å². The quantitative estimate of drug-likeness (QED) is 0.847. The predicted molar refractivity (Wildman–Crippen MR) is 60.8 cm³/mol. The van der Waals surface area contributed by atoms with E-state index in [1.165, 1.54) is 17.5 Å². The first-order chi connectivity index (χ1) is 7.70. The van der Waals surface area contributed by atoms with Gasteiger partial charge in [-0.3, -0.25) is 0 Å². The summed E-state index contributed by atoms with van der Waals surface area (Å²) in [4.78, 5) is 10.8. The number of benzene rings is 1. The van der Waals surface area contributed by atoms with Crippen molar-refractivity contribution in [1.82, 2.24) is 0 Å². The molecule has 0 saturated carbocycles. The maximum absolute atomic E-state index is 10.8. The second kappa shape index (κ2) is 4.56. The van der Waals surface area contributed by atoms with E-state index in [0.717, 1.165) is 12.8 Å². The summed E-state index contributed by atoms with van der Waals surface area (Å²) in [6.07, 6.45) is 3.14. The summed E-state index contributed by atoms with van der Waals surface area (Å²) >= 11 is 0. The van der Waals surface area contributed by atoms with Crippen molar-refractivity contribution >= 4 is 5.97 Å². The molecule has 0 aromatic heterocycles. The molecule has 1 unspecified atom stereocenters. The van der Waals surface area contributed by atoms with E-state index in [2.05, 4.69) is 0 Å². The molecule has 3 heteroatoms. The van der Waals surface area contributed by atoms with Crippen LogP contribution in [0.3, 0.4) is 0 Å². The molecule has 0 fully saturated rings. The Hall–Kier alpha value is -1.51. The average Bonchev–Trinajstić information content (AvgIpc) is 2.72. The highest BCUT2D eigenvalue weighted by atomic mass is 16.5. The molecular formula is C13H16O3. The monoisotopic (exact) mass is 220 g/mol. The topological polar surface area (TPSA) is 46.5 Å². The zero-order valence-corrected chi connectivity index (χ0v) is 9.40. The van der Waals surface area contributed by atoms with E-state index in [1.807, 2.05) is 25.1 Å². The number of ether oxygens (including phenoxy) is 1. The van der Waals surface area contributed by atoms with Crippen molar-refractivity contribution < 1.29 is 14.6 Å². The van der Waals surface area contributed by atoms with Crippen molar-refractivity contribution in [3.8, 4) is 5.75 Å². The van der Waals surface area contributed by atoms with Crippen molar-refractivity contribution in [3.05, 3.63) is 29.3 Å². The third kappa shape index (κ3) is 2.18. The highest BCUT2D eigenvalue weighted by Gasteiger charge is 2.18. The summed E-state index contributed by atoms with van der Waals surface area (Å²) in [6.45, 7) is 1.81. The van der Waals surface area contributed by atoms with E-state index in [9.17, 15) is 4.79 Å². The van der Waals surface area contributed by atoms with Crippen LogP contribution in [0, 0.1) is 0 Å². The van der Waals surface area contributed by atoms with Crippen LogP contribution < -0.4 is 4.74 Å². The number of aliphatic carboxylic acids is 1. The highest BCUT2D eigenvalue weighted by Crippen LogP contribution is 2.26. The van der Waals surface area contributed by atoms with E-state index in [-0.39, 0.29) is 0 Å². The highest BCUT2D eigenvalue weighted by molar-refractivity contribution is 5.72. The molecule has 1 aromatic carbocycles. The molecule has 0 radical (unpaired) electrons. The number of carboxylic acid groups (broad SMARTS) is 1. The molecule has 2 rings (SSSR count). The molecular weight excluding hydrogens is 204 g/mol. The Balaban J connectivity index is 2.13. The number of carboxylic acids is 1. The van der Waals surface area contributed by atoms with Gasteiger partial charge in [-0.1, -0.05) is 13.0 Å². The van der Waals surface area contributed by atoms with E-state index >= 15 is 0 Å². The molecule has 0 bridgehead atoms. The van der Waals surface area contributed by atoms with Crippen LogP contribution in [0.25, 0.3) is 0 Å². The summed E-state index contributed by atoms with van der Waals surface area (Å²) in [5.41, 5.74) is 2.67. The minimum absolute atomic E-state index is 0.479. The zero-order valence-electron chi connectivity index (χ0n) is 9.40. The molecule has 0 aliphatic heterocycles. The van der Waals surface area contributed by atoms with E-state index in [1.54, 1.807) is 0 Å². The lowest BCUT2D eigenvalue weighted by Gasteiger charge is -2.13. The molecule has 3 nitrogen and oxygen atoms in total. The summed E-state index contributed by atoms with van der Waals surface area (Å²) in [5.74, 6) is -0.224. The van der Waals surface area contributed by atoms with Gasteiger partial charge in [0.1, 0.15) is 5.75 Å². The van der Waals surface area contributed by atoms with Gasteiger partial charge in [0.05, 0.1) is 0 Å². The lowest BCUT2D eigenvalue weighted by atomic mass is 10.1.